The van der Waals surface area contributed by atoms with Crippen LogP contribution in [-0.2, 0) is 5.33 Å². The van der Waals surface area contributed by atoms with Crippen molar-refractivity contribution in [2.24, 2.45) is 0 Å². The van der Waals surface area contributed by atoms with Gasteiger partial charge in [0.2, 0.25) is 0 Å². The van der Waals surface area contributed by atoms with Gasteiger partial charge in [-0.25, -0.2) is 0 Å². The van der Waals surface area contributed by atoms with Crippen molar-refractivity contribution in [1.82, 2.24) is 0 Å². The van der Waals surface area contributed by atoms with Gasteiger partial charge in [-0.2, -0.15) is 5.26 Å². The van der Waals surface area contributed by atoms with E-state index in [1.54, 1.807) is 0 Å². The van der Waals surface area contributed by atoms with Gasteiger partial charge in [0, 0.05) is 23.4 Å². The molecule has 1 rings (SSSR count). The van der Waals surface area contributed by atoms with Crippen LogP contribution in [0.3, 0.4) is 0 Å². The minimum absolute atomic E-state index is 0.592. The van der Waals surface area contributed by atoms with Crippen molar-refractivity contribution in [3.8, 4) is 17.6 Å². The van der Waals surface area contributed by atoms with Gasteiger partial charge in [0.25, 0.3) is 0 Å². The Labute approximate surface area is 123 Å². The standard InChI is InChI=1S/C15H20BrNO2/c1-2-9-18-14-7-6-13(12-16)15(11-14)19-10-5-3-4-8-17/h6-7,11H,2-5,9-10,12H2,1H3. The van der Waals surface area contributed by atoms with Crippen LogP contribution in [-0.4, -0.2) is 13.2 Å². The molecule has 0 aromatic heterocycles. The highest BCUT2D eigenvalue weighted by Gasteiger charge is 2.05. The Bertz CT molecular complexity index is 415. The maximum absolute atomic E-state index is 8.47. The molecule has 0 radical (unpaired) electrons. The monoisotopic (exact) mass is 325 g/mol. The van der Waals surface area contributed by atoms with E-state index in [-0.39, 0.29) is 0 Å². The number of ether oxygens (including phenoxy) is 2. The van der Waals surface area contributed by atoms with E-state index in [1.165, 1.54) is 0 Å². The lowest BCUT2D eigenvalue weighted by molar-refractivity contribution is 0.294. The van der Waals surface area contributed by atoms with Crippen molar-refractivity contribution in [1.29, 1.82) is 5.26 Å². The van der Waals surface area contributed by atoms with Crippen LogP contribution in [0.15, 0.2) is 18.2 Å². The zero-order chi connectivity index (χ0) is 13.9. The molecule has 0 fully saturated rings. The van der Waals surface area contributed by atoms with E-state index < -0.39 is 0 Å². The van der Waals surface area contributed by atoms with Crippen LogP contribution in [0.25, 0.3) is 0 Å². The summed E-state index contributed by atoms with van der Waals surface area (Å²) in [6.45, 7) is 3.44. The van der Waals surface area contributed by atoms with E-state index in [0.29, 0.717) is 13.0 Å². The van der Waals surface area contributed by atoms with Gasteiger partial charge >= 0.3 is 0 Å². The van der Waals surface area contributed by atoms with Gasteiger partial charge in [0.1, 0.15) is 11.5 Å². The van der Waals surface area contributed by atoms with Crippen LogP contribution in [0, 0.1) is 11.3 Å². The van der Waals surface area contributed by atoms with Crippen molar-refractivity contribution in [3.63, 3.8) is 0 Å². The van der Waals surface area contributed by atoms with Crippen LogP contribution in [0.5, 0.6) is 11.5 Å². The quantitative estimate of drug-likeness (QED) is 0.497. The molecule has 0 bridgehead atoms. The molecule has 0 N–H and O–H groups in total. The molecule has 3 nitrogen and oxygen atoms in total. The molecule has 1 aromatic rings. The number of hydrogen-bond acceptors (Lipinski definition) is 3. The second kappa shape index (κ2) is 9.69. The van der Waals surface area contributed by atoms with Gasteiger partial charge in [0.15, 0.2) is 0 Å². The number of rotatable bonds is 9. The lowest BCUT2D eigenvalue weighted by atomic mass is 10.2. The Morgan fingerprint density at radius 3 is 2.74 bits per heavy atom. The fourth-order valence-corrected chi connectivity index (χ4v) is 2.04. The van der Waals surface area contributed by atoms with Gasteiger partial charge in [0.05, 0.1) is 19.3 Å². The topological polar surface area (TPSA) is 42.2 Å². The smallest absolute Gasteiger partial charge is 0.127 e. The number of hydrogen-bond donors (Lipinski definition) is 0. The fraction of sp³-hybridized carbons (Fsp3) is 0.533. The lowest BCUT2D eigenvalue weighted by Gasteiger charge is -2.12. The summed E-state index contributed by atoms with van der Waals surface area (Å²) in [5, 5.41) is 9.23. The van der Waals surface area contributed by atoms with Crippen LogP contribution in [0.4, 0.5) is 0 Å². The second-order valence-corrected chi connectivity index (χ2v) is 4.78. The van der Waals surface area contributed by atoms with Crippen LogP contribution >= 0.6 is 15.9 Å². The summed E-state index contributed by atoms with van der Waals surface area (Å²) in [4.78, 5) is 0. The Morgan fingerprint density at radius 2 is 2.05 bits per heavy atom. The van der Waals surface area contributed by atoms with E-state index in [0.717, 1.165) is 48.3 Å². The molecule has 104 valence electrons. The summed E-state index contributed by atoms with van der Waals surface area (Å²) in [6, 6.07) is 8.06. The summed E-state index contributed by atoms with van der Waals surface area (Å²) < 4.78 is 11.4. The highest BCUT2D eigenvalue weighted by molar-refractivity contribution is 9.08. The first-order chi connectivity index (χ1) is 9.31. The first-order valence-electron chi connectivity index (χ1n) is 6.63. The molecule has 0 aliphatic rings. The Kier molecular flexibility index (Phi) is 8.08. The van der Waals surface area contributed by atoms with Crippen LogP contribution < -0.4 is 9.47 Å². The first-order valence-corrected chi connectivity index (χ1v) is 7.75. The van der Waals surface area contributed by atoms with Gasteiger partial charge in [-0.15, -0.1) is 0 Å². The molecular weight excluding hydrogens is 306 g/mol. The SMILES string of the molecule is CCCOc1ccc(CBr)c(OCCCCC#N)c1. The number of halogens is 1. The third-order valence-electron chi connectivity index (χ3n) is 2.60. The molecule has 19 heavy (non-hydrogen) atoms. The largest absolute Gasteiger partial charge is 0.493 e. The Hall–Kier alpha value is -1.21. The van der Waals surface area contributed by atoms with Gasteiger partial charge < -0.3 is 9.47 Å². The van der Waals surface area contributed by atoms with Crippen molar-refractivity contribution >= 4 is 15.9 Å². The molecule has 4 heteroatoms. The maximum Gasteiger partial charge on any atom is 0.127 e. The van der Waals surface area contributed by atoms with Crippen molar-refractivity contribution in [2.75, 3.05) is 13.2 Å². The van der Waals surface area contributed by atoms with E-state index in [1.807, 2.05) is 18.2 Å². The normalized spacial score (nSPS) is 9.95. The number of unbranched alkanes of at least 4 members (excludes halogenated alkanes) is 2. The first kappa shape index (κ1) is 15.8. The fourth-order valence-electron chi connectivity index (χ4n) is 1.58. The van der Waals surface area contributed by atoms with Crippen molar-refractivity contribution < 1.29 is 9.47 Å². The van der Waals surface area contributed by atoms with Gasteiger partial charge in [-0.3, -0.25) is 0 Å². The minimum atomic E-state index is 0.592. The van der Waals surface area contributed by atoms with Gasteiger partial charge in [-0.05, 0) is 25.3 Å². The molecule has 0 saturated heterocycles. The van der Waals surface area contributed by atoms with E-state index in [4.69, 9.17) is 14.7 Å². The molecule has 0 atom stereocenters. The minimum Gasteiger partial charge on any atom is -0.493 e. The highest BCUT2D eigenvalue weighted by atomic mass is 79.9. The molecule has 1 aromatic carbocycles. The Morgan fingerprint density at radius 1 is 1.21 bits per heavy atom. The molecule has 0 unspecified atom stereocenters. The van der Waals surface area contributed by atoms with E-state index in [2.05, 4.69) is 28.9 Å². The molecule has 0 aliphatic heterocycles. The number of alkyl halides is 1. The average molecular weight is 326 g/mol. The predicted octanol–water partition coefficient (Wildman–Crippen LogP) is 4.44. The zero-order valence-electron chi connectivity index (χ0n) is 11.3. The number of nitriles is 1. The molecular formula is C15H20BrNO2. The average Bonchev–Trinajstić information content (AvgIpc) is 2.45. The summed E-state index contributed by atoms with van der Waals surface area (Å²) in [5.41, 5.74) is 1.11. The van der Waals surface area contributed by atoms with Crippen LogP contribution in [0.2, 0.25) is 0 Å². The summed E-state index contributed by atoms with van der Waals surface area (Å²) in [7, 11) is 0. The number of nitrogens with zero attached hydrogens (tertiary/aromatic N) is 1. The summed E-state index contributed by atoms with van der Waals surface area (Å²) in [5.74, 6) is 1.71. The molecule has 0 aliphatic carbocycles. The zero-order valence-corrected chi connectivity index (χ0v) is 12.9. The molecule has 0 spiro atoms. The van der Waals surface area contributed by atoms with Crippen LogP contribution in [0.1, 0.15) is 38.2 Å². The number of benzene rings is 1. The van der Waals surface area contributed by atoms with Gasteiger partial charge in [-0.1, -0.05) is 28.9 Å². The molecule has 0 amide bonds. The molecule has 0 saturated carbocycles. The maximum atomic E-state index is 8.47. The molecule has 0 heterocycles. The Balaban J connectivity index is 2.55. The summed E-state index contributed by atoms with van der Waals surface area (Å²) >= 11 is 3.46. The van der Waals surface area contributed by atoms with E-state index >= 15 is 0 Å². The lowest BCUT2D eigenvalue weighted by Crippen LogP contribution is -2.01. The highest BCUT2D eigenvalue weighted by Crippen LogP contribution is 2.27. The van der Waals surface area contributed by atoms with E-state index in [9.17, 15) is 0 Å². The predicted molar refractivity (Wildman–Crippen MR) is 79.8 cm³/mol. The third kappa shape index (κ3) is 5.98. The van der Waals surface area contributed by atoms with Crippen molar-refractivity contribution in [3.05, 3.63) is 23.8 Å². The summed E-state index contributed by atoms with van der Waals surface area (Å²) in [6.07, 6.45) is 3.36. The second-order valence-electron chi connectivity index (χ2n) is 4.22. The van der Waals surface area contributed by atoms with Crippen molar-refractivity contribution in [2.45, 2.75) is 37.9 Å². The third-order valence-corrected chi connectivity index (χ3v) is 3.20.